The lowest BCUT2D eigenvalue weighted by atomic mass is 10.00. The lowest BCUT2D eigenvalue weighted by Crippen LogP contribution is -2.38. The van der Waals surface area contributed by atoms with Crippen LogP contribution in [0, 0.1) is 6.92 Å². The molecule has 1 unspecified atom stereocenters. The van der Waals surface area contributed by atoms with E-state index >= 15 is 0 Å². The molecule has 1 aromatic carbocycles. The summed E-state index contributed by atoms with van der Waals surface area (Å²) in [6.45, 7) is 2.87. The summed E-state index contributed by atoms with van der Waals surface area (Å²) < 4.78 is 0. The van der Waals surface area contributed by atoms with Crippen molar-refractivity contribution in [2.75, 3.05) is 12.3 Å². The lowest BCUT2D eigenvalue weighted by Gasteiger charge is -2.31. The molecule has 4 heteroatoms. The fourth-order valence-electron chi connectivity index (χ4n) is 3.19. The third kappa shape index (κ3) is 1.37. The molecule has 0 N–H and O–H groups in total. The Morgan fingerprint density at radius 3 is 3.05 bits per heavy atom. The summed E-state index contributed by atoms with van der Waals surface area (Å²) in [4.78, 5) is 18.7. The van der Waals surface area contributed by atoms with Crippen LogP contribution in [-0.2, 0) is 4.87 Å². The molecular formula is C16H14N2OS. The highest BCUT2D eigenvalue weighted by Crippen LogP contribution is 2.54. The molecule has 100 valence electrons. The van der Waals surface area contributed by atoms with Crippen LogP contribution in [0.2, 0.25) is 0 Å². The lowest BCUT2D eigenvalue weighted by molar-refractivity contribution is 0.0751. The van der Waals surface area contributed by atoms with Gasteiger partial charge in [-0.25, -0.2) is 0 Å². The maximum Gasteiger partial charge on any atom is 0.257 e. The first-order valence-corrected chi connectivity index (χ1v) is 7.70. The van der Waals surface area contributed by atoms with Gasteiger partial charge >= 0.3 is 0 Å². The van der Waals surface area contributed by atoms with Crippen LogP contribution in [0.25, 0.3) is 0 Å². The normalized spacial score (nSPS) is 23.9. The predicted molar refractivity (Wildman–Crippen MR) is 79.7 cm³/mol. The highest BCUT2D eigenvalue weighted by Gasteiger charge is 2.55. The summed E-state index contributed by atoms with van der Waals surface area (Å²) in [6.07, 6.45) is 1.78. The monoisotopic (exact) mass is 282 g/mol. The molecule has 0 aliphatic carbocycles. The first-order valence-electron chi connectivity index (χ1n) is 6.72. The number of hydrogen-bond donors (Lipinski definition) is 0. The number of nitrogens with zero attached hydrogens (tertiary/aromatic N) is 2. The molecule has 1 aromatic heterocycles. The second kappa shape index (κ2) is 4.09. The van der Waals surface area contributed by atoms with Gasteiger partial charge in [-0.2, -0.15) is 0 Å². The van der Waals surface area contributed by atoms with Crippen molar-refractivity contribution in [3.05, 3.63) is 65.0 Å². The molecule has 20 heavy (non-hydrogen) atoms. The van der Waals surface area contributed by atoms with Crippen LogP contribution in [0.5, 0.6) is 0 Å². The van der Waals surface area contributed by atoms with Gasteiger partial charge in [0.25, 0.3) is 5.91 Å². The van der Waals surface area contributed by atoms with Crippen molar-refractivity contribution < 1.29 is 4.79 Å². The molecule has 3 nitrogen and oxygen atoms in total. The number of benzene rings is 1. The first-order chi connectivity index (χ1) is 9.73. The van der Waals surface area contributed by atoms with Crippen LogP contribution in [0.15, 0.2) is 42.6 Å². The fourth-order valence-corrected chi connectivity index (χ4v) is 4.68. The van der Waals surface area contributed by atoms with Gasteiger partial charge in [0.2, 0.25) is 0 Å². The van der Waals surface area contributed by atoms with Gasteiger partial charge in [-0.15, -0.1) is 11.8 Å². The molecule has 0 radical (unpaired) electrons. The molecule has 0 saturated carbocycles. The zero-order chi connectivity index (χ0) is 13.7. The van der Waals surface area contributed by atoms with Crippen molar-refractivity contribution in [3.63, 3.8) is 0 Å². The van der Waals surface area contributed by atoms with E-state index in [1.807, 2.05) is 28.8 Å². The molecule has 1 saturated heterocycles. The minimum absolute atomic E-state index is 0.111. The topological polar surface area (TPSA) is 33.2 Å². The highest BCUT2D eigenvalue weighted by molar-refractivity contribution is 8.00. The summed E-state index contributed by atoms with van der Waals surface area (Å²) in [5.74, 6) is 1.06. The molecule has 2 aromatic rings. The fraction of sp³-hybridized carbons (Fsp3) is 0.250. The van der Waals surface area contributed by atoms with E-state index in [1.165, 1.54) is 5.56 Å². The van der Waals surface area contributed by atoms with Crippen molar-refractivity contribution >= 4 is 17.7 Å². The maximum absolute atomic E-state index is 12.6. The van der Waals surface area contributed by atoms with Gasteiger partial charge in [0.1, 0.15) is 0 Å². The summed E-state index contributed by atoms with van der Waals surface area (Å²) in [6, 6.07) is 12.1. The predicted octanol–water partition coefficient (Wildman–Crippen LogP) is 2.79. The second-order valence-corrected chi connectivity index (χ2v) is 6.51. The first kappa shape index (κ1) is 12.0. The van der Waals surface area contributed by atoms with Crippen molar-refractivity contribution in [2.24, 2.45) is 0 Å². The van der Waals surface area contributed by atoms with Crippen molar-refractivity contribution in [2.45, 2.75) is 11.8 Å². The molecule has 1 atom stereocenters. The van der Waals surface area contributed by atoms with E-state index < -0.39 is 4.87 Å². The Balaban J connectivity index is 2.01. The molecule has 0 spiro atoms. The standard InChI is InChI=1S/C16H14N2OS/c1-11-4-2-5-12(10-11)16-14-13(6-3-7-17-14)15(19)18(16)8-9-20-16/h2-7,10H,8-9H2,1H3. The molecule has 0 bridgehead atoms. The number of aryl methyl sites for hydroxylation is 1. The Labute approximate surface area is 122 Å². The zero-order valence-corrected chi connectivity index (χ0v) is 12.0. The number of fused-ring (bicyclic) bond motifs is 3. The number of amides is 1. The average Bonchev–Trinajstić information content (AvgIpc) is 3.00. The summed E-state index contributed by atoms with van der Waals surface area (Å²) >= 11 is 1.81. The van der Waals surface area contributed by atoms with Crippen LogP contribution in [0.3, 0.4) is 0 Å². The molecule has 2 aliphatic rings. The smallest absolute Gasteiger partial charge is 0.257 e. The van der Waals surface area contributed by atoms with Crippen LogP contribution < -0.4 is 0 Å². The van der Waals surface area contributed by atoms with E-state index in [9.17, 15) is 4.79 Å². The Bertz CT molecular complexity index is 715. The van der Waals surface area contributed by atoms with Gasteiger partial charge in [-0.3, -0.25) is 9.78 Å². The molecule has 3 heterocycles. The van der Waals surface area contributed by atoms with Gasteiger partial charge in [-0.05, 0) is 24.6 Å². The number of aromatic nitrogens is 1. The minimum atomic E-state index is -0.417. The van der Waals surface area contributed by atoms with Crippen molar-refractivity contribution in [1.82, 2.24) is 9.88 Å². The molecule has 1 fully saturated rings. The van der Waals surface area contributed by atoms with Crippen LogP contribution in [0.1, 0.15) is 27.2 Å². The van der Waals surface area contributed by atoms with Gasteiger partial charge in [0.05, 0.1) is 11.3 Å². The molecule has 1 amide bonds. The van der Waals surface area contributed by atoms with E-state index in [0.717, 1.165) is 29.1 Å². The van der Waals surface area contributed by atoms with E-state index in [4.69, 9.17) is 0 Å². The molecule has 4 rings (SSSR count). The zero-order valence-electron chi connectivity index (χ0n) is 11.2. The van der Waals surface area contributed by atoms with Gasteiger partial charge < -0.3 is 4.90 Å². The summed E-state index contributed by atoms with van der Waals surface area (Å²) in [5.41, 5.74) is 4.02. The number of thioether (sulfide) groups is 1. The number of hydrogen-bond acceptors (Lipinski definition) is 3. The molecular weight excluding hydrogens is 268 g/mol. The van der Waals surface area contributed by atoms with E-state index in [-0.39, 0.29) is 5.91 Å². The Hall–Kier alpha value is -1.81. The van der Waals surface area contributed by atoms with E-state index in [1.54, 1.807) is 6.20 Å². The third-order valence-corrected chi connectivity index (χ3v) is 5.47. The van der Waals surface area contributed by atoms with Crippen LogP contribution >= 0.6 is 11.8 Å². The van der Waals surface area contributed by atoms with E-state index in [0.29, 0.717) is 0 Å². The average molecular weight is 282 g/mol. The van der Waals surface area contributed by atoms with Gasteiger partial charge in [0, 0.05) is 18.5 Å². The Kier molecular flexibility index (Phi) is 2.45. The minimum Gasteiger partial charge on any atom is -0.313 e. The van der Waals surface area contributed by atoms with Crippen molar-refractivity contribution in [1.29, 1.82) is 0 Å². The van der Waals surface area contributed by atoms with Gasteiger partial charge in [-0.1, -0.05) is 29.8 Å². The van der Waals surface area contributed by atoms with Gasteiger partial charge in [0.15, 0.2) is 4.87 Å². The number of pyridine rings is 1. The summed E-state index contributed by atoms with van der Waals surface area (Å²) in [5, 5.41) is 0. The van der Waals surface area contributed by atoms with Crippen LogP contribution in [0.4, 0.5) is 0 Å². The Morgan fingerprint density at radius 2 is 2.20 bits per heavy atom. The number of rotatable bonds is 1. The van der Waals surface area contributed by atoms with Crippen molar-refractivity contribution in [3.8, 4) is 0 Å². The molecule has 2 aliphatic heterocycles. The highest BCUT2D eigenvalue weighted by atomic mass is 32.2. The largest absolute Gasteiger partial charge is 0.313 e. The van der Waals surface area contributed by atoms with Crippen LogP contribution in [-0.4, -0.2) is 28.1 Å². The number of carbonyl (C=O) groups is 1. The van der Waals surface area contributed by atoms with E-state index in [2.05, 4.69) is 36.2 Å². The number of carbonyl (C=O) groups excluding carboxylic acids is 1. The second-order valence-electron chi connectivity index (χ2n) is 5.22. The quantitative estimate of drug-likeness (QED) is 0.806. The third-order valence-electron chi connectivity index (χ3n) is 4.02. The Morgan fingerprint density at radius 1 is 1.30 bits per heavy atom. The summed E-state index contributed by atoms with van der Waals surface area (Å²) in [7, 11) is 0. The SMILES string of the molecule is Cc1cccc(C23SCCN2C(=O)c2cccnc23)c1. The maximum atomic E-state index is 12.6.